The lowest BCUT2D eigenvalue weighted by Crippen LogP contribution is -2.34. The first-order chi connectivity index (χ1) is 7.93. The molecule has 0 aliphatic heterocycles. The topological polar surface area (TPSA) is 101 Å². The molecular weight excluding hydrogens is 242 g/mol. The molecule has 0 saturated carbocycles. The van der Waals surface area contributed by atoms with E-state index in [-0.39, 0.29) is 10.9 Å². The third-order valence-corrected chi connectivity index (χ3v) is 2.97. The Hall–Kier alpha value is -1.60. The molecule has 0 aromatic heterocycles. The van der Waals surface area contributed by atoms with E-state index in [1.165, 1.54) is 12.1 Å². The van der Waals surface area contributed by atoms with Crippen molar-refractivity contribution in [3.05, 3.63) is 29.8 Å². The van der Waals surface area contributed by atoms with E-state index in [4.69, 9.17) is 5.14 Å². The van der Waals surface area contributed by atoms with Crippen LogP contribution in [0.1, 0.15) is 12.5 Å². The Labute approximate surface area is 100 Å². The minimum absolute atomic E-state index is 0.0549. The van der Waals surface area contributed by atoms with Crippen LogP contribution in [-0.4, -0.2) is 21.0 Å². The molecule has 17 heavy (non-hydrogen) atoms. The van der Waals surface area contributed by atoms with Crippen molar-refractivity contribution in [1.29, 1.82) is 0 Å². The number of hydrogen-bond acceptors (Lipinski definition) is 3. The van der Waals surface area contributed by atoms with Crippen molar-refractivity contribution < 1.29 is 13.2 Å². The highest BCUT2D eigenvalue weighted by molar-refractivity contribution is 7.89. The van der Waals surface area contributed by atoms with Crippen LogP contribution in [0.25, 0.3) is 0 Å². The molecule has 0 bridgehead atoms. The molecule has 2 amide bonds. The summed E-state index contributed by atoms with van der Waals surface area (Å²) >= 11 is 0. The van der Waals surface area contributed by atoms with E-state index < -0.39 is 10.0 Å². The Morgan fingerprint density at radius 3 is 2.29 bits per heavy atom. The number of sulfonamides is 1. The smallest absolute Gasteiger partial charge is 0.315 e. The molecule has 0 unspecified atom stereocenters. The second-order valence-electron chi connectivity index (χ2n) is 3.40. The number of urea groups is 1. The average molecular weight is 257 g/mol. The molecule has 0 saturated heterocycles. The molecule has 7 heteroatoms. The zero-order valence-corrected chi connectivity index (χ0v) is 10.3. The predicted molar refractivity (Wildman–Crippen MR) is 63.7 cm³/mol. The molecule has 94 valence electrons. The maximum absolute atomic E-state index is 11.1. The first kappa shape index (κ1) is 13.5. The van der Waals surface area contributed by atoms with Gasteiger partial charge in [0.25, 0.3) is 0 Å². The van der Waals surface area contributed by atoms with Gasteiger partial charge in [-0.2, -0.15) is 0 Å². The van der Waals surface area contributed by atoms with Gasteiger partial charge in [0.1, 0.15) is 0 Å². The minimum Gasteiger partial charge on any atom is -0.338 e. The molecule has 1 aromatic rings. The largest absolute Gasteiger partial charge is 0.338 e. The Kier molecular flexibility index (Phi) is 4.47. The first-order valence-electron chi connectivity index (χ1n) is 5.07. The van der Waals surface area contributed by atoms with E-state index in [2.05, 4.69) is 10.6 Å². The summed E-state index contributed by atoms with van der Waals surface area (Å²) in [6.07, 6.45) is 0. The van der Waals surface area contributed by atoms with E-state index in [0.29, 0.717) is 13.1 Å². The SMILES string of the molecule is CCNC(=O)NCc1ccc(S(N)(=O)=O)cc1. The van der Waals surface area contributed by atoms with E-state index in [9.17, 15) is 13.2 Å². The molecule has 0 aliphatic rings. The van der Waals surface area contributed by atoms with Gasteiger partial charge in [-0.3, -0.25) is 0 Å². The summed E-state index contributed by atoms with van der Waals surface area (Å²) < 4.78 is 22.0. The van der Waals surface area contributed by atoms with Gasteiger partial charge in [-0.15, -0.1) is 0 Å². The van der Waals surface area contributed by atoms with Crippen molar-refractivity contribution in [3.8, 4) is 0 Å². The fourth-order valence-electron chi connectivity index (χ4n) is 1.20. The summed E-state index contributed by atoms with van der Waals surface area (Å²) in [4.78, 5) is 11.2. The Bertz CT molecular complexity index is 482. The highest BCUT2D eigenvalue weighted by Crippen LogP contribution is 2.08. The van der Waals surface area contributed by atoms with Gasteiger partial charge >= 0.3 is 6.03 Å². The van der Waals surface area contributed by atoms with E-state index in [1.54, 1.807) is 12.1 Å². The predicted octanol–water partition coefficient (Wildman–Crippen LogP) is 0.153. The standard InChI is InChI=1S/C10H15N3O3S/c1-2-12-10(14)13-7-8-3-5-9(6-4-8)17(11,15)16/h3-6H,2,7H2,1H3,(H2,11,15,16)(H2,12,13,14). The Morgan fingerprint density at radius 1 is 1.24 bits per heavy atom. The van der Waals surface area contributed by atoms with Crippen LogP contribution in [0.5, 0.6) is 0 Å². The quantitative estimate of drug-likeness (QED) is 0.715. The summed E-state index contributed by atoms with van der Waals surface area (Å²) in [6.45, 7) is 2.70. The van der Waals surface area contributed by atoms with Crippen LogP contribution in [0, 0.1) is 0 Å². The van der Waals surface area contributed by atoms with Gasteiger partial charge in [0, 0.05) is 13.1 Å². The lowest BCUT2D eigenvalue weighted by molar-refractivity contribution is 0.241. The number of nitrogens with one attached hydrogen (secondary N) is 2. The number of carbonyl (C=O) groups excluding carboxylic acids is 1. The molecule has 0 fully saturated rings. The molecule has 0 radical (unpaired) electrons. The van der Waals surface area contributed by atoms with Gasteiger partial charge in [-0.05, 0) is 24.6 Å². The van der Waals surface area contributed by atoms with Crippen molar-refractivity contribution in [3.63, 3.8) is 0 Å². The van der Waals surface area contributed by atoms with E-state index in [1.807, 2.05) is 6.92 Å². The summed E-state index contributed by atoms with van der Waals surface area (Å²) in [5.41, 5.74) is 0.795. The highest BCUT2D eigenvalue weighted by atomic mass is 32.2. The van der Waals surface area contributed by atoms with Crippen LogP contribution >= 0.6 is 0 Å². The van der Waals surface area contributed by atoms with Gasteiger partial charge in [0.15, 0.2) is 0 Å². The Balaban J connectivity index is 2.60. The zero-order chi connectivity index (χ0) is 12.9. The normalized spacial score (nSPS) is 10.9. The summed E-state index contributed by atoms with van der Waals surface area (Å²) in [6, 6.07) is 5.76. The van der Waals surface area contributed by atoms with Gasteiger partial charge < -0.3 is 10.6 Å². The number of nitrogens with two attached hydrogens (primary N) is 1. The van der Waals surface area contributed by atoms with Crippen molar-refractivity contribution in [1.82, 2.24) is 10.6 Å². The van der Waals surface area contributed by atoms with Gasteiger partial charge in [0.05, 0.1) is 4.90 Å². The maximum atomic E-state index is 11.1. The number of benzene rings is 1. The van der Waals surface area contributed by atoms with Crippen LogP contribution in [0.3, 0.4) is 0 Å². The van der Waals surface area contributed by atoms with Gasteiger partial charge in [0.2, 0.25) is 10.0 Å². The lowest BCUT2D eigenvalue weighted by atomic mass is 10.2. The van der Waals surface area contributed by atoms with Crippen molar-refractivity contribution in [2.75, 3.05) is 6.54 Å². The van der Waals surface area contributed by atoms with Gasteiger partial charge in [-0.1, -0.05) is 12.1 Å². The van der Waals surface area contributed by atoms with Crippen molar-refractivity contribution >= 4 is 16.1 Å². The minimum atomic E-state index is -3.66. The highest BCUT2D eigenvalue weighted by Gasteiger charge is 2.06. The number of amides is 2. The molecule has 1 rings (SSSR count). The number of carbonyl (C=O) groups is 1. The maximum Gasteiger partial charge on any atom is 0.315 e. The molecule has 0 atom stereocenters. The van der Waals surface area contributed by atoms with Crippen molar-refractivity contribution in [2.24, 2.45) is 5.14 Å². The zero-order valence-electron chi connectivity index (χ0n) is 9.43. The summed E-state index contributed by atoms with van der Waals surface area (Å²) in [5.74, 6) is 0. The van der Waals surface area contributed by atoms with Crippen LogP contribution in [0.4, 0.5) is 4.79 Å². The fourth-order valence-corrected chi connectivity index (χ4v) is 1.72. The molecule has 1 aromatic carbocycles. The third kappa shape index (κ3) is 4.41. The van der Waals surface area contributed by atoms with Gasteiger partial charge in [-0.25, -0.2) is 18.4 Å². The first-order valence-corrected chi connectivity index (χ1v) is 6.61. The fraction of sp³-hybridized carbons (Fsp3) is 0.300. The monoisotopic (exact) mass is 257 g/mol. The second-order valence-corrected chi connectivity index (χ2v) is 4.96. The number of hydrogen-bond donors (Lipinski definition) is 3. The second kappa shape index (κ2) is 5.65. The van der Waals surface area contributed by atoms with Crippen LogP contribution in [0.2, 0.25) is 0 Å². The number of rotatable bonds is 4. The van der Waals surface area contributed by atoms with Crippen molar-refractivity contribution in [2.45, 2.75) is 18.4 Å². The molecule has 0 heterocycles. The molecule has 4 N–H and O–H groups in total. The lowest BCUT2D eigenvalue weighted by Gasteiger charge is -2.06. The molecule has 0 aliphatic carbocycles. The van der Waals surface area contributed by atoms with Crippen LogP contribution in [0.15, 0.2) is 29.2 Å². The Morgan fingerprint density at radius 2 is 1.82 bits per heavy atom. The average Bonchev–Trinajstić information content (AvgIpc) is 2.26. The molecule has 0 spiro atoms. The van der Waals surface area contributed by atoms with Crippen LogP contribution in [-0.2, 0) is 16.6 Å². The number of primary sulfonamides is 1. The van der Waals surface area contributed by atoms with Crippen LogP contribution < -0.4 is 15.8 Å². The van der Waals surface area contributed by atoms with E-state index in [0.717, 1.165) is 5.56 Å². The molecular formula is C10H15N3O3S. The summed E-state index contributed by atoms with van der Waals surface area (Å²) in [7, 11) is -3.66. The molecule has 6 nitrogen and oxygen atoms in total. The third-order valence-electron chi connectivity index (χ3n) is 2.04. The summed E-state index contributed by atoms with van der Waals surface area (Å²) in [5, 5.41) is 10.2. The van der Waals surface area contributed by atoms with E-state index >= 15 is 0 Å².